The van der Waals surface area contributed by atoms with Gasteiger partial charge in [0.15, 0.2) is 0 Å². The number of aromatic hydroxyl groups is 1. The van der Waals surface area contributed by atoms with Gasteiger partial charge in [0.25, 0.3) is 0 Å². The third-order valence-electron chi connectivity index (χ3n) is 2.49. The quantitative estimate of drug-likeness (QED) is 0.747. The number of carboxylic acid groups (broad SMARTS) is 1. The second-order valence-corrected chi connectivity index (χ2v) is 5.15. The maximum absolute atomic E-state index is 10.8. The summed E-state index contributed by atoms with van der Waals surface area (Å²) in [5.41, 5.74) is 6.91. The lowest BCUT2D eigenvalue weighted by Crippen LogP contribution is -2.02. The standard InChI is InChI=1S/C14H13NO3S/c15-10-1-6-13(9(7-10)8-14(17)18)19-12-4-2-11(16)3-5-12/h1-7,16H,8,15H2,(H,17,18). The molecule has 0 amide bonds. The number of benzene rings is 2. The first-order chi connectivity index (χ1) is 9.04. The van der Waals surface area contributed by atoms with E-state index in [4.69, 9.17) is 10.8 Å². The molecule has 0 aliphatic rings. The van der Waals surface area contributed by atoms with Gasteiger partial charge in [-0.3, -0.25) is 4.79 Å². The molecule has 98 valence electrons. The number of nitrogen functional groups attached to an aromatic ring is 1. The fraction of sp³-hybridized carbons (Fsp3) is 0.0714. The summed E-state index contributed by atoms with van der Waals surface area (Å²) in [7, 11) is 0. The average molecular weight is 275 g/mol. The average Bonchev–Trinajstić information content (AvgIpc) is 2.34. The molecule has 0 spiro atoms. The SMILES string of the molecule is Nc1ccc(Sc2ccc(O)cc2)c(CC(=O)O)c1. The van der Waals surface area contributed by atoms with E-state index in [1.807, 2.05) is 6.07 Å². The first-order valence-corrected chi connectivity index (χ1v) is 6.43. The van der Waals surface area contributed by atoms with Crippen LogP contribution in [-0.4, -0.2) is 16.2 Å². The third-order valence-corrected chi connectivity index (χ3v) is 3.62. The number of carboxylic acids is 1. The Morgan fingerprint density at radius 3 is 2.47 bits per heavy atom. The topological polar surface area (TPSA) is 83.5 Å². The number of carbonyl (C=O) groups is 1. The minimum absolute atomic E-state index is 0.0640. The molecule has 4 nitrogen and oxygen atoms in total. The minimum atomic E-state index is -0.891. The Morgan fingerprint density at radius 2 is 1.84 bits per heavy atom. The molecule has 0 aromatic heterocycles. The van der Waals surface area contributed by atoms with Crippen molar-refractivity contribution < 1.29 is 15.0 Å². The number of phenols is 1. The maximum atomic E-state index is 10.8. The molecule has 0 unspecified atom stereocenters. The Kier molecular flexibility index (Phi) is 3.97. The maximum Gasteiger partial charge on any atom is 0.307 e. The summed E-state index contributed by atoms with van der Waals surface area (Å²) in [4.78, 5) is 12.6. The van der Waals surface area contributed by atoms with E-state index in [0.717, 1.165) is 9.79 Å². The van der Waals surface area contributed by atoms with Gasteiger partial charge in [-0.1, -0.05) is 11.8 Å². The van der Waals surface area contributed by atoms with Crippen LogP contribution in [-0.2, 0) is 11.2 Å². The van der Waals surface area contributed by atoms with Crippen LogP contribution in [0.25, 0.3) is 0 Å². The molecule has 0 saturated heterocycles. The number of nitrogens with two attached hydrogens (primary N) is 1. The largest absolute Gasteiger partial charge is 0.508 e. The number of phenolic OH excluding ortho intramolecular Hbond substituents is 1. The molecule has 2 aromatic rings. The number of aliphatic carboxylic acids is 1. The van der Waals surface area contributed by atoms with Crippen LogP contribution in [0.5, 0.6) is 5.75 Å². The molecule has 0 radical (unpaired) electrons. The highest BCUT2D eigenvalue weighted by molar-refractivity contribution is 7.99. The molecule has 19 heavy (non-hydrogen) atoms. The Hall–Kier alpha value is -2.14. The van der Waals surface area contributed by atoms with Crippen molar-refractivity contribution in [3.8, 4) is 5.75 Å². The van der Waals surface area contributed by atoms with E-state index in [1.54, 1.807) is 36.4 Å². The molecule has 2 rings (SSSR count). The van der Waals surface area contributed by atoms with Gasteiger partial charge in [0.1, 0.15) is 5.75 Å². The van der Waals surface area contributed by atoms with Crippen LogP contribution in [0.2, 0.25) is 0 Å². The summed E-state index contributed by atoms with van der Waals surface area (Å²) < 4.78 is 0. The van der Waals surface area contributed by atoms with Crippen molar-refractivity contribution in [2.45, 2.75) is 16.2 Å². The highest BCUT2D eigenvalue weighted by Crippen LogP contribution is 2.32. The third kappa shape index (κ3) is 3.66. The second-order valence-electron chi connectivity index (χ2n) is 4.03. The predicted octanol–water partition coefficient (Wildman–Crippen LogP) is 2.75. The van der Waals surface area contributed by atoms with E-state index in [9.17, 15) is 9.90 Å². The van der Waals surface area contributed by atoms with Gasteiger partial charge in [0, 0.05) is 15.5 Å². The fourth-order valence-electron chi connectivity index (χ4n) is 1.64. The van der Waals surface area contributed by atoms with Crippen molar-refractivity contribution in [2.75, 3.05) is 5.73 Å². The summed E-state index contributed by atoms with van der Waals surface area (Å²) in [5, 5.41) is 18.1. The van der Waals surface area contributed by atoms with Crippen LogP contribution in [0.15, 0.2) is 52.3 Å². The molecule has 2 aromatic carbocycles. The molecule has 0 aliphatic heterocycles. The summed E-state index contributed by atoms with van der Waals surface area (Å²) in [5.74, 6) is -0.689. The summed E-state index contributed by atoms with van der Waals surface area (Å²) in [6.45, 7) is 0. The molecule has 0 fully saturated rings. The van der Waals surface area contributed by atoms with E-state index in [0.29, 0.717) is 11.3 Å². The lowest BCUT2D eigenvalue weighted by molar-refractivity contribution is -0.136. The van der Waals surface area contributed by atoms with Crippen LogP contribution in [0.3, 0.4) is 0 Å². The van der Waals surface area contributed by atoms with Crippen molar-refractivity contribution >= 4 is 23.4 Å². The van der Waals surface area contributed by atoms with Crippen LogP contribution in [0.4, 0.5) is 5.69 Å². The summed E-state index contributed by atoms with van der Waals surface area (Å²) in [6, 6.07) is 12.0. The predicted molar refractivity (Wildman–Crippen MR) is 74.4 cm³/mol. The van der Waals surface area contributed by atoms with E-state index in [1.165, 1.54) is 11.8 Å². The first-order valence-electron chi connectivity index (χ1n) is 5.61. The second kappa shape index (κ2) is 5.67. The zero-order valence-corrected chi connectivity index (χ0v) is 10.9. The molecule has 4 N–H and O–H groups in total. The van der Waals surface area contributed by atoms with Crippen molar-refractivity contribution in [1.82, 2.24) is 0 Å². The minimum Gasteiger partial charge on any atom is -0.508 e. The number of anilines is 1. The zero-order valence-electron chi connectivity index (χ0n) is 10.0. The molecule has 0 heterocycles. The monoisotopic (exact) mass is 275 g/mol. The number of hydrogen-bond acceptors (Lipinski definition) is 4. The van der Waals surface area contributed by atoms with Gasteiger partial charge in [-0.15, -0.1) is 0 Å². The van der Waals surface area contributed by atoms with Gasteiger partial charge in [-0.25, -0.2) is 0 Å². The molecule has 0 saturated carbocycles. The summed E-state index contributed by atoms with van der Waals surface area (Å²) in [6.07, 6.45) is -0.0640. The Balaban J connectivity index is 2.28. The van der Waals surface area contributed by atoms with Crippen LogP contribution < -0.4 is 5.73 Å². The summed E-state index contributed by atoms with van der Waals surface area (Å²) >= 11 is 1.44. The normalized spacial score (nSPS) is 10.3. The van der Waals surface area contributed by atoms with E-state index in [-0.39, 0.29) is 12.2 Å². The number of rotatable bonds is 4. The molecule has 0 bridgehead atoms. The number of hydrogen-bond donors (Lipinski definition) is 3. The van der Waals surface area contributed by atoms with E-state index in [2.05, 4.69) is 0 Å². The van der Waals surface area contributed by atoms with E-state index < -0.39 is 5.97 Å². The zero-order chi connectivity index (χ0) is 13.8. The fourth-order valence-corrected chi connectivity index (χ4v) is 2.57. The molecular formula is C14H13NO3S. The van der Waals surface area contributed by atoms with E-state index >= 15 is 0 Å². The van der Waals surface area contributed by atoms with Crippen molar-refractivity contribution in [1.29, 1.82) is 0 Å². The van der Waals surface area contributed by atoms with Crippen LogP contribution >= 0.6 is 11.8 Å². The highest BCUT2D eigenvalue weighted by atomic mass is 32.2. The van der Waals surface area contributed by atoms with Gasteiger partial charge in [-0.05, 0) is 48.0 Å². The van der Waals surface area contributed by atoms with Crippen LogP contribution in [0.1, 0.15) is 5.56 Å². The Labute approximate surface area is 114 Å². The Bertz CT molecular complexity index is 596. The Morgan fingerprint density at radius 1 is 1.16 bits per heavy atom. The van der Waals surface area contributed by atoms with Gasteiger partial charge in [-0.2, -0.15) is 0 Å². The smallest absolute Gasteiger partial charge is 0.307 e. The molecule has 0 aliphatic carbocycles. The van der Waals surface area contributed by atoms with Gasteiger partial charge in [0.05, 0.1) is 6.42 Å². The molecule has 0 atom stereocenters. The lowest BCUT2D eigenvalue weighted by atomic mass is 10.1. The lowest BCUT2D eigenvalue weighted by Gasteiger charge is -2.08. The van der Waals surface area contributed by atoms with Gasteiger partial charge < -0.3 is 15.9 Å². The van der Waals surface area contributed by atoms with Gasteiger partial charge >= 0.3 is 5.97 Å². The van der Waals surface area contributed by atoms with Crippen molar-refractivity contribution in [2.24, 2.45) is 0 Å². The van der Waals surface area contributed by atoms with Gasteiger partial charge in [0.2, 0.25) is 0 Å². The first kappa shape index (κ1) is 13.3. The molecule has 5 heteroatoms. The highest BCUT2D eigenvalue weighted by Gasteiger charge is 2.09. The molecular weight excluding hydrogens is 262 g/mol. The van der Waals surface area contributed by atoms with Crippen molar-refractivity contribution in [3.05, 3.63) is 48.0 Å². The van der Waals surface area contributed by atoms with Crippen LogP contribution in [0, 0.1) is 0 Å². The van der Waals surface area contributed by atoms with Crippen molar-refractivity contribution in [3.63, 3.8) is 0 Å².